The number of likely N-dealkylation sites (tertiary alicyclic amines) is 1. The lowest BCUT2D eigenvalue weighted by molar-refractivity contribution is -0.157. The molecule has 140 valence electrons. The first kappa shape index (κ1) is 17.0. The number of carboxylic acids is 1. The van der Waals surface area contributed by atoms with Crippen molar-refractivity contribution in [2.24, 2.45) is 0 Å². The average Bonchev–Trinajstić information content (AvgIpc) is 3.32. The standard InChI is InChI=1S/C17H23N5O4/c1-17(15(24)25,21-8-2-3-13(21)23)14-19-9-12-10-20(16(26)22(12)14)11-4-6-18-7-5-11/h9,11,18H,2-8,10H2,1H3,(H,24,25). The third-order valence-corrected chi connectivity index (χ3v) is 5.82. The van der Waals surface area contributed by atoms with Gasteiger partial charge >= 0.3 is 12.0 Å². The molecule has 0 saturated carbocycles. The zero-order valence-corrected chi connectivity index (χ0v) is 14.8. The summed E-state index contributed by atoms with van der Waals surface area (Å²) in [5.74, 6) is -1.26. The van der Waals surface area contributed by atoms with Crippen LogP contribution in [-0.2, 0) is 21.7 Å². The van der Waals surface area contributed by atoms with Crippen LogP contribution in [0.4, 0.5) is 4.79 Å². The van der Waals surface area contributed by atoms with E-state index in [9.17, 15) is 19.5 Å². The first-order valence-electron chi connectivity index (χ1n) is 9.07. The summed E-state index contributed by atoms with van der Waals surface area (Å²) in [4.78, 5) is 44.9. The van der Waals surface area contributed by atoms with Crippen LogP contribution in [0, 0.1) is 0 Å². The van der Waals surface area contributed by atoms with Crippen molar-refractivity contribution >= 4 is 17.9 Å². The third kappa shape index (κ3) is 2.33. The van der Waals surface area contributed by atoms with Crippen LogP contribution in [0.15, 0.2) is 6.20 Å². The number of fused-ring (bicyclic) bond motifs is 1. The van der Waals surface area contributed by atoms with Gasteiger partial charge in [-0.05, 0) is 39.3 Å². The highest BCUT2D eigenvalue weighted by atomic mass is 16.4. The summed E-state index contributed by atoms with van der Waals surface area (Å²) >= 11 is 0. The van der Waals surface area contributed by atoms with E-state index < -0.39 is 11.5 Å². The van der Waals surface area contributed by atoms with Crippen LogP contribution < -0.4 is 5.32 Å². The van der Waals surface area contributed by atoms with Gasteiger partial charge in [-0.3, -0.25) is 4.79 Å². The van der Waals surface area contributed by atoms with E-state index in [0.29, 0.717) is 31.6 Å². The number of rotatable bonds is 4. The highest BCUT2D eigenvalue weighted by Gasteiger charge is 2.51. The highest BCUT2D eigenvalue weighted by Crippen LogP contribution is 2.35. The molecule has 2 fully saturated rings. The Hall–Kier alpha value is -2.42. The lowest BCUT2D eigenvalue weighted by Crippen LogP contribution is -2.53. The smallest absolute Gasteiger partial charge is 0.337 e. The number of carbonyl (C=O) groups is 3. The molecule has 2 saturated heterocycles. The minimum atomic E-state index is -1.65. The van der Waals surface area contributed by atoms with Gasteiger partial charge in [0.15, 0.2) is 11.4 Å². The van der Waals surface area contributed by atoms with Crippen molar-refractivity contribution in [2.45, 2.75) is 50.7 Å². The van der Waals surface area contributed by atoms with E-state index in [4.69, 9.17) is 0 Å². The fourth-order valence-corrected chi connectivity index (χ4v) is 4.28. The molecule has 2 amide bonds. The Morgan fingerprint density at radius 3 is 2.69 bits per heavy atom. The Kier molecular flexibility index (Phi) is 3.98. The van der Waals surface area contributed by atoms with Crippen LogP contribution in [0.25, 0.3) is 0 Å². The van der Waals surface area contributed by atoms with Gasteiger partial charge in [0.1, 0.15) is 0 Å². The number of amides is 2. The monoisotopic (exact) mass is 361 g/mol. The summed E-state index contributed by atoms with van der Waals surface area (Å²) in [5.41, 5.74) is -0.964. The summed E-state index contributed by atoms with van der Waals surface area (Å²) < 4.78 is 1.40. The molecule has 9 heteroatoms. The van der Waals surface area contributed by atoms with Gasteiger partial charge in [-0.25, -0.2) is 19.1 Å². The number of carbonyl (C=O) groups excluding carboxylic acids is 2. The van der Waals surface area contributed by atoms with Crippen molar-refractivity contribution in [3.63, 3.8) is 0 Å². The molecule has 2 N–H and O–H groups in total. The van der Waals surface area contributed by atoms with Crippen molar-refractivity contribution in [3.8, 4) is 0 Å². The predicted octanol–water partition coefficient (Wildman–Crippen LogP) is 0.341. The largest absolute Gasteiger partial charge is 0.479 e. The van der Waals surface area contributed by atoms with Gasteiger partial charge in [0.25, 0.3) is 0 Å². The van der Waals surface area contributed by atoms with Crippen LogP contribution in [-0.4, -0.2) is 68.0 Å². The van der Waals surface area contributed by atoms with Crippen LogP contribution >= 0.6 is 0 Å². The molecule has 3 aliphatic heterocycles. The number of imidazole rings is 1. The third-order valence-electron chi connectivity index (χ3n) is 5.82. The van der Waals surface area contributed by atoms with E-state index in [2.05, 4.69) is 10.3 Å². The van der Waals surface area contributed by atoms with Crippen LogP contribution in [0.3, 0.4) is 0 Å². The van der Waals surface area contributed by atoms with Gasteiger partial charge in [0, 0.05) is 19.0 Å². The van der Waals surface area contributed by atoms with Gasteiger partial charge in [-0.2, -0.15) is 0 Å². The molecule has 3 aliphatic rings. The van der Waals surface area contributed by atoms with Crippen LogP contribution in [0.2, 0.25) is 0 Å². The SMILES string of the molecule is CC(C(=O)O)(c1ncc2n1C(=O)N(C1CCNCC1)C2)N1CCCC1=O. The number of hydrogen-bond acceptors (Lipinski definition) is 5. The minimum Gasteiger partial charge on any atom is -0.479 e. The Labute approximate surface area is 151 Å². The van der Waals surface area contributed by atoms with Crippen molar-refractivity contribution in [1.82, 2.24) is 24.7 Å². The molecule has 0 aliphatic carbocycles. The molecule has 0 aromatic carbocycles. The summed E-state index contributed by atoms with van der Waals surface area (Å²) in [6, 6.07) is -0.0977. The fraction of sp³-hybridized carbons (Fsp3) is 0.647. The minimum absolute atomic E-state index is 0.122. The maximum atomic E-state index is 13.1. The Morgan fingerprint density at radius 2 is 2.08 bits per heavy atom. The zero-order chi connectivity index (χ0) is 18.5. The molecule has 1 unspecified atom stereocenters. The summed E-state index contributed by atoms with van der Waals surface area (Å²) in [6.45, 7) is 3.98. The van der Waals surface area contributed by atoms with E-state index in [1.807, 2.05) is 0 Å². The van der Waals surface area contributed by atoms with E-state index in [1.165, 1.54) is 16.4 Å². The number of aliphatic carboxylic acids is 1. The number of nitrogens with one attached hydrogen (secondary N) is 1. The van der Waals surface area contributed by atoms with Gasteiger partial charge in [-0.15, -0.1) is 0 Å². The second-order valence-corrected chi connectivity index (χ2v) is 7.33. The molecular formula is C17H23N5O4. The lowest BCUT2D eigenvalue weighted by Gasteiger charge is -2.35. The van der Waals surface area contributed by atoms with Gasteiger partial charge in [-0.1, -0.05) is 0 Å². The molecule has 4 rings (SSSR count). The summed E-state index contributed by atoms with van der Waals surface area (Å²) in [6.07, 6.45) is 4.26. The lowest BCUT2D eigenvalue weighted by atomic mass is 9.99. The first-order chi connectivity index (χ1) is 12.4. The van der Waals surface area contributed by atoms with Gasteiger partial charge in [0.05, 0.1) is 18.4 Å². The van der Waals surface area contributed by atoms with Crippen LogP contribution in [0.5, 0.6) is 0 Å². The molecule has 0 spiro atoms. The number of nitrogens with zero attached hydrogens (tertiary/aromatic N) is 4. The second-order valence-electron chi connectivity index (χ2n) is 7.33. The van der Waals surface area contributed by atoms with Crippen molar-refractivity contribution in [2.75, 3.05) is 19.6 Å². The maximum absolute atomic E-state index is 13.1. The molecule has 26 heavy (non-hydrogen) atoms. The average molecular weight is 361 g/mol. The second kappa shape index (κ2) is 6.08. The zero-order valence-electron chi connectivity index (χ0n) is 14.8. The molecule has 1 aromatic heterocycles. The Bertz CT molecular complexity index is 769. The van der Waals surface area contributed by atoms with Gasteiger partial charge < -0.3 is 20.2 Å². The van der Waals surface area contributed by atoms with E-state index >= 15 is 0 Å². The highest BCUT2D eigenvalue weighted by molar-refractivity contribution is 5.90. The Morgan fingerprint density at radius 1 is 1.35 bits per heavy atom. The maximum Gasteiger partial charge on any atom is 0.337 e. The summed E-state index contributed by atoms with van der Waals surface area (Å²) in [7, 11) is 0. The van der Waals surface area contributed by atoms with E-state index in [0.717, 1.165) is 25.9 Å². The Balaban J connectivity index is 1.71. The molecule has 1 aromatic rings. The van der Waals surface area contributed by atoms with E-state index in [-0.39, 0.29) is 23.8 Å². The fourth-order valence-electron chi connectivity index (χ4n) is 4.28. The quantitative estimate of drug-likeness (QED) is 0.801. The van der Waals surface area contributed by atoms with Crippen LogP contribution in [0.1, 0.15) is 44.1 Å². The number of hydrogen-bond donors (Lipinski definition) is 2. The van der Waals surface area contributed by atoms with Crippen molar-refractivity contribution in [1.29, 1.82) is 0 Å². The number of aromatic nitrogens is 2. The first-order valence-corrected chi connectivity index (χ1v) is 9.07. The molecule has 9 nitrogen and oxygen atoms in total. The number of carboxylic acid groups (broad SMARTS) is 1. The number of piperidine rings is 1. The summed E-state index contributed by atoms with van der Waals surface area (Å²) in [5, 5.41) is 13.2. The van der Waals surface area contributed by atoms with E-state index in [1.54, 1.807) is 11.1 Å². The molecular weight excluding hydrogens is 338 g/mol. The molecule has 0 radical (unpaired) electrons. The topological polar surface area (TPSA) is 108 Å². The molecule has 0 bridgehead atoms. The van der Waals surface area contributed by atoms with Crippen molar-refractivity contribution < 1.29 is 19.5 Å². The normalized spacial score (nSPS) is 23.4. The predicted molar refractivity (Wildman–Crippen MR) is 90.4 cm³/mol. The molecule has 4 heterocycles. The van der Waals surface area contributed by atoms with Crippen molar-refractivity contribution in [3.05, 3.63) is 17.7 Å². The van der Waals surface area contributed by atoms with Gasteiger partial charge in [0.2, 0.25) is 5.91 Å². The molecule has 1 atom stereocenters.